The zero-order valence-electron chi connectivity index (χ0n) is 14.8. The number of benzene rings is 2. The fourth-order valence-corrected chi connectivity index (χ4v) is 3.21. The van der Waals surface area contributed by atoms with Gasteiger partial charge in [-0.2, -0.15) is 23.3 Å². The van der Waals surface area contributed by atoms with E-state index in [0.29, 0.717) is 10.0 Å². The molecular weight excluding hydrogens is 477 g/mol. The summed E-state index contributed by atoms with van der Waals surface area (Å²) in [5.74, 6) is -1.07. The molecule has 2 aromatic rings. The number of carbonyl (C=O) groups excluding carboxylic acids is 1. The normalized spacial score (nSPS) is 15.8. The second-order valence-electron chi connectivity index (χ2n) is 5.88. The van der Waals surface area contributed by atoms with Crippen LogP contribution in [-0.4, -0.2) is 29.5 Å². The van der Waals surface area contributed by atoms with Gasteiger partial charge in [0, 0.05) is 5.02 Å². The van der Waals surface area contributed by atoms with Gasteiger partial charge in [-0.1, -0.05) is 11.6 Å². The highest BCUT2D eigenvalue weighted by atomic mass is 79.9. The van der Waals surface area contributed by atoms with Crippen LogP contribution in [0.4, 0.5) is 18.9 Å². The number of anilines is 1. The molecule has 152 valence electrons. The Kier molecular flexibility index (Phi) is 5.90. The van der Waals surface area contributed by atoms with Gasteiger partial charge in [0.15, 0.2) is 17.2 Å². The third kappa shape index (κ3) is 4.40. The molecule has 29 heavy (non-hydrogen) atoms. The minimum atomic E-state index is -4.85. The lowest BCUT2D eigenvalue weighted by Crippen LogP contribution is -2.25. The Morgan fingerprint density at radius 1 is 1.28 bits per heavy atom. The number of hydrogen-bond acceptors (Lipinski definition) is 4. The van der Waals surface area contributed by atoms with Crippen LogP contribution < -0.4 is 9.75 Å². The summed E-state index contributed by atoms with van der Waals surface area (Å²) in [5, 5.41) is 14.5. The molecule has 0 radical (unpaired) electrons. The van der Waals surface area contributed by atoms with Crippen molar-refractivity contribution in [3.05, 3.63) is 57.0 Å². The number of phenolic OH excluding ortho intramolecular Hbond substituents is 1. The third-order valence-electron chi connectivity index (χ3n) is 3.88. The molecule has 0 saturated heterocycles. The second kappa shape index (κ2) is 8.08. The van der Waals surface area contributed by atoms with E-state index in [0.717, 1.165) is 6.08 Å². The summed E-state index contributed by atoms with van der Waals surface area (Å²) in [5.41, 5.74) is -1.59. The van der Waals surface area contributed by atoms with Gasteiger partial charge in [-0.3, -0.25) is 4.79 Å². The summed E-state index contributed by atoms with van der Waals surface area (Å²) in [6, 6.07) is 8.39. The molecule has 0 spiro atoms. The van der Waals surface area contributed by atoms with E-state index in [1.165, 1.54) is 36.4 Å². The van der Waals surface area contributed by atoms with E-state index in [4.69, 9.17) is 16.3 Å². The average molecular weight is 490 g/mol. The zero-order chi connectivity index (χ0) is 21.3. The van der Waals surface area contributed by atoms with Crippen LogP contribution in [0, 0.1) is 0 Å². The van der Waals surface area contributed by atoms with Gasteiger partial charge in [0.2, 0.25) is 0 Å². The Bertz CT molecular complexity index is 1020. The van der Waals surface area contributed by atoms with E-state index in [1.807, 2.05) is 0 Å². The SMILES string of the molecule is CCOc1cc(C=C2C(=O)N(c3ccc(Cl)cc3)N=C2C(F)(F)F)cc(Br)c1O. The molecule has 0 aromatic heterocycles. The van der Waals surface area contributed by atoms with Crippen molar-refractivity contribution in [3.63, 3.8) is 0 Å². The zero-order valence-corrected chi connectivity index (χ0v) is 17.1. The minimum Gasteiger partial charge on any atom is -0.503 e. The van der Waals surface area contributed by atoms with E-state index in [-0.39, 0.29) is 33.8 Å². The molecule has 0 unspecified atom stereocenters. The standard InChI is InChI=1S/C19H13BrClF3N2O3/c1-2-29-15-9-10(8-14(20)16(15)27)7-13-17(19(22,23)24)25-26(18(13)28)12-5-3-11(21)4-6-12/h3-9,27H,2H2,1H3. The molecule has 10 heteroatoms. The number of rotatable bonds is 4. The van der Waals surface area contributed by atoms with Crippen molar-refractivity contribution in [2.24, 2.45) is 5.10 Å². The van der Waals surface area contributed by atoms with Gasteiger partial charge in [0.1, 0.15) is 0 Å². The van der Waals surface area contributed by atoms with E-state index >= 15 is 0 Å². The summed E-state index contributed by atoms with van der Waals surface area (Å²) in [4.78, 5) is 12.7. The minimum absolute atomic E-state index is 0.0687. The molecule has 2 aromatic carbocycles. The van der Waals surface area contributed by atoms with E-state index < -0.39 is 23.4 Å². The van der Waals surface area contributed by atoms with Crippen molar-refractivity contribution in [2.75, 3.05) is 11.6 Å². The predicted octanol–water partition coefficient (Wildman–Crippen LogP) is 5.56. The first-order valence-corrected chi connectivity index (χ1v) is 9.42. The number of alkyl halides is 3. The van der Waals surface area contributed by atoms with Crippen LogP contribution in [0.1, 0.15) is 12.5 Å². The number of nitrogens with zero attached hydrogens (tertiary/aromatic N) is 2. The highest BCUT2D eigenvalue weighted by Crippen LogP contribution is 2.38. The second-order valence-corrected chi connectivity index (χ2v) is 7.17. The van der Waals surface area contributed by atoms with E-state index in [9.17, 15) is 23.1 Å². The Balaban J connectivity index is 2.09. The lowest BCUT2D eigenvalue weighted by molar-refractivity contribution is -0.114. The van der Waals surface area contributed by atoms with Crippen LogP contribution in [0.5, 0.6) is 11.5 Å². The molecule has 0 bridgehead atoms. The summed E-state index contributed by atoms with van der Waals surface area (Å²) >= 11 is 8.91. The van der Waals surface area contributed by atoms with Crippen molar-refractivity contribution in [3.8, 4) is 11.5 Å². The highest BCUT2D eigenvalue weighted by molar-refractivity contribution is 9.10. The summed E-state index contributed by atoms with van der Waals surface area (Å²) in [7, 11) is 0. The predicted molar refractivity (Wildman–Crippen MR) is 107 cm³/mol. The fraction of sp³-hybridized carbons (Fsp3) is 0.158. The molecule has 1 heterocycles. The molecule has 3 rings (SSSR count). The summed E-state index contributed by atoms with van der Waals surface area (Å²) < 4.78 is 46.1. The van der Waals surface area contributed by atoms with Crippen LogP contribution in [0.25, 0.3) is 6.08 Å². The lowest BCUT2D eigenvalue weighted by Gasteiger charge is -2.12. The number of aromatic hydroxyl groups is 1. The van der Waals surface area contributed by atoms with Crippen LogP contribution >= 0.6 is 27.5 Å². The van der Waals surface area contributed by atoms with E-state index in [1.54, 1.807) is 6.92 Å². The van der Waals surface area contributed by atoms with Crippen molar-refractivity contribution in [1.29, 1.82) is 0 Å². The van der Waals surface area contributed by atoms with E-state index in [2.05, 4.69) is 21.0 Å². The van der Waals surface area contributed by atoms with Gasteiger partial charge < -0.3 is 9.84 Å². The number of ether oxygens (including phenoxy) is 1. The maximum absolute atomic E-state index is 13.5. The highest BCUT2D eigenvalue weighted by Gasteiger charge is 2.46. The molecule has 0 aliphatic carbocycles. The van der Waals surface area contributed by atoms with Crippen LogP contribution in [-0.2, 0) is 4.79 Å². The maximum Gasteiger partial charge on any atom is 0.435 e. The molecule has 0 atom stereocenters. The smallest absolute Gasteiger partial charge is 0.435 e. The Morgan fingerprint density at radius 3 is 2.52 bits per heavy atom. The number of carbonyl (C=O) groups is 1. The number of phenols is 1. The van der Waals surface area contributed by atoms with Gasteiger partial charge in [-0.05, 0) is 70.9 Å². The van der Waals surface area contributed by atoms with Crippen LogP contribution in [0.15, 0.2) is 51.5 Å². The Hall–Kier alpha value is -2.52. The third-order valence-corrected chi connectivity index (χ3v) is 4.74. The molecule has 1 aliphatic rings. The lowest BCUT2D eigenvalue weighted by atomic mass is 10.1. The largest absolute Gasteiger partial charge is 0.503 e. The Morgan fingerprint density at radius 2 is 1.93 bits per heavy atom. The summed E-state index contributed by atoms with van der Waals surface area (Å²) in [6.45, 7) is 1.93. The molecular formula is C19H13BrClF3N2O3. The van der Waals surface area contributed by atoms with Crippen molar-refractivity contribution < 1.29 is 27.8 Å². The van der Waals surface area contributed by atoms with Gasteiger partial charge >= 0.3 is 6.18 Å². The van der Waals surface area contributed by atoms with Crippen molar-refractivity contribution in [1.82, 2.24) is 0 Å². The first-order chi connectivity index (χ1) is 13.6. The molecule has 1 amide bonds. The maximum atomic E-state index is 13.5. The van der Waals surface area contributed by atoms with Gasteiger partial charge in [0.05, 0.1) is 22.3 Å². The average Bonchev–Trinajstić information content (AvgIpc) is 2.97. The molecule has 1 N–H and O–H groups in total. The fourth-order valence-electron chi connectivity index (χ4n) is 2.62. The number of amides is 1. The summed E-state index contributed by atoms with van der Waals surface area (Å²) in [6.07, 6.45) is -3.79. The Labute approximate surface area is 177 Å². The van der Waals surface area contributed by atoms with Crippen molar-refractivity contribution >= 4 is 50.9 Å². The quantitative estimate of drug-likeness (QED) is 0.573. The van der Waals surface area contributed by atoms with Gasteiger partial charge in [0.25, 0.3) is 5.91 Å². The topological polar surface area (TPSA) is 62.1 Å². The number of halogens is 5. The van der Waals surface area contributed by atoms with Crippen LogP contribution in [0.2, 0.25) is 5.02 Å². The molecule has 0 saturated carbocycles. The van der Waals surface area contributed by atoms with Gasteiger partial charge in [-0.25, -0.2) is 0 Å². The van der Waals surface area contributed by atoms with Gasteiger partial charge in [-0.15, -0.1) is 0 Å². The molecule has 0 fully saturated rings. The monoisotopic (exact) mass is 488 g/mol. The number of hydrazone groups is 1. The molecule has 1 aliphatic heterocycles. The molecule has 5 nitrogen and oxygen atoms in total. The number of hydrogen-bond donors (Lipinski definition) is 1. The first kappa shape index (κ1) is 21.2. The van der Waals surface area contributed by atoms with Crippen molar-refractivity contribution in [2.45, 2.75) is 13.1 Å². The first-order valence-electron chi connectivity index (χ1n) is 8.25. The van der Waals surface area contributed by atoms with Crippen LogP contribution in [0.3, 0.4) is 0 Å².